The van der Waals surface area contributed by atoms with E-state index in [1.54, 1.807) is 0 Å². The van der Waals surface area contributed by atoms with Crippen LogP contribution in [-0.4, -0.2) is 37.2 Å². The Balaban J connectivity index is 4.34. The molecule has 0 aromatic heterocycles. The fourth-order valence-electron chi connectivity index (χ4n) is 8.41. The number of allylic oxidation sites excluding steroid dienone is 18. The Hall–Kier alpha value is -3.93. The number of hydrogen-bond donors (Lipinski definition) is 0. The molecule has 0 aromatic rings. The molecule has 0 fully saturated rings. The summed E-state index contributed by atoms with van der Waals surface area (Å²) in [6, 6.07) is 0. The van der Waals surface area contributed by atoms with Crippen LogP contribution in [0.5, 0.6) is 0 Å². The van der Waals surface area contributed by atoms with Crippen molar-refractivity contribution in [1.29, 1.82) is 0 Å². The monoisotopic (exact) mass is 1030 g/mol. The number of rotatable bonds is 55. The maximum absolute atomic E-state index is 12.9. The third-order valence-corrected chi connectivity index (χ3v) is 13.0. The zero-order valence-electron chi connectivity index (χ0n) is 48.3. The smallest absolute Gasteiger partial charge is 0.306 e. The van der Waals surface area contributed by atoms with Crippen molar-refractivity contribution in [2.45, 2.75) is 290 Å². The van der Waals surface area contributed by atoms with Crippen molar-refractivity contribution in [2.75, 3.05) is 13.2 Å². The van der Waals surface area contributed by atoms with Gasteiger partial charge in [-0.1, -0.05) is 259 Å². The highest BCUT2D eigenvalue weighted by atomic mass is 16.6. The maximum atomic E-state index is 12.9. The van der Waals surface area contributed by atoms with Crippen LogP contribution in [0, 0.1) is 0 Å². The highest BCUT2D eigenvalue weighted by Gasteiger charge is 2.19. The molecule has 1 atom stereocenters. The lowest BCUT2D eigenvalue weighted by Crippen LogP contribution is -2.30. The molecule has 0 radical (unpaired) electrons. The predicted octanol–water partition coefficient (Wildman–Crippen LogP) is 21.0. The molecule has 0 aliphatic carbocycles. The van der Waals surface area contributed by atoms with Crippen molar-refractivity contribution in [3.05, 3.63) is 109 Å². The average Bonchev–Trinajstić information content (AvgIpc) is 3.40. The van der Waals surface area contributed by atoms with Gasteiger partial charge in [-0.25, -0.2) is 0 Å². The summed E-state index contributed by atoms with van der Waals surface area (Å²) in [6.45, 7) is 6.37. The molecule has 0 amide bonds. The summed E-state index contributed by atoms with van der Waals surface area (Å²) in [5.41, 5.74) is 0. The Bertz CT molecular complexity index is 1510. The van der Waals surface area contributed by atoms with E-state index in [1.807, 2.05) is 0 Å². The van der Waals surface area contributed by atoms with Crippen LogP contribution in [0.25, 0.3) is 0 Å². The molecule has 0 bridgehead atoms. The van der Waals surface area contributed by atoms with Gasteiger partial charge < -0.3 is 14.2 Å². The number of hydrogen-bond acceptors (Lipinski definition) is 6. The third-order valence-electron chi connectivity index (χ3n) is 13.0. The van der Waals surface area contributed by atoms with Gasteiger partial charge in [-0.05, 0) is 116 Å². The Morgan fingerprint density at radius 2 is 0.527 bits per heavy atom. The normalized spacial score (nSPS) is 12.9. The summed E-state index contributed by atoms with van der Waals surface area (Å²) in [5.74, 6) is -0.909. The molecule has 0 heterocycles. The van der Waals surface area contributed by atoms with Crippen molar-refractivity contribution >= 4 is 17.9 Å². The lowest BCUT2D eigenvalue weighted by molar-refractivity contribution is -0.167. The van der Waals surface area contributed by atoms with Gasteiger partial charge in [0, 0.05) is 19.3 Å². The molecule has 0 aliphatic rings. The van der Waals surface area contributed by atoms with Crippen molar-refractivity contribution in [1.82, 2.24) is 0 Å². The Kier molecular flexibility index (Phi) is 58.3. The average molecular weight is 1030 g/mol. The highest BCUT2D eigenvalue weighted by molar-refractivity contribution is 5.71. The van der Waals surface area contributed by atoms with Gasteiger partial charge >= 0.3 is 17.9 Å². The molecule has 6 nitrogen and oxygen atoms in total. The van der Waals surface area contributed by atoms with Gasteiger partial charge in [-0.2, -0.15) is 0 Å². The summed E-state index contributed by atoms with van der Waals surface area (Å²) >= 11 is 0. The molecular formula is C68H114O6. The standard InChI is InChI=1S/C68H114O6/c1-4-7-10-13-16-19-22-25-28-30-31-32-33-34-35-36-37-39-40-43-46-49-52-55-58-61-67(70)73-64-65(63-72-66(69)60-57-54-51-48-45-42-27-24-21-18-15-12-9-6-3)74-68(71)62-59-56-53-50-47-44-41-38-29-26-23-20-17-14-11-8-5-2/h7-8,10-11,15-20,24-29,31-32,65H,4-6,9,12-14,21-23,30,33-64H2,1-3H3/b10-7-,11-8-,18-15-,19-16-,20-17-,27-24-,28-25-,29-26-,32-31-. The molecular weight excluding hydrogens is 913 g/mol. The Morgan fingerprint density at radius 3 is 0.824 bits per heavy atom. The van der Waals surface area contributed by atoms with Gasteiger partial charge in [0.25, 0.3) is 0 Å². The highest BCUT2D eigenvalue weighted by Crippen LogP contribution is 2.16. The van der Waals surface area contributed by atoms with Crippen LogP contribution in [0.4, 0.5) is 0 Å². The van der Waals surface area contributed by atoms with Gasteiger partial charge in [0.15, 0.2) is 6.10 Å². The van der Waals surface area contributed by atoms with E-state index in [-0.39, 0.29) is 31.1 Å². The zero-order valence-corrected chi connectivity index (χ0v) is 48.3. The van der Waals surface area contributed by atoms with E-state index in [1.165, 1.54) is 109 Å². The van der Waals surface area contributed by atoms with Gasteiger partial charge in [-0.3, -0.25) is 14.4 Å². The number of carbonyl (C=O) groups excluding carboxylic acids is 3. The second-order valence-electron chi connectivity index (χ2n) is 20.2. The second-order valence-corrected chi connectivity index (χ2v) is 20.2. The molecule has 0 aromatic carbocycles. The third kappa shape index (κ3) is 59.0. The zero-order chi connectivity index (χ0) is 53.6. The topological polar surface area (TPSA) is 78.9 Å². The second kappa shape index (κ2) is 61.6. The molecule has 6 heteroatoms. The van der Waals surface area contributed by atoms with Gasteiger partial charge in [0.1, 0.15) is 13.2 Å². The molecule has 0 spiro atoms. The number of unbranched alkanes of at least 4 members (excludes halogenated alkanes) is 26. The largest absolute Gasteiger partial charge is 0.462 e. The molecule has 422 valence electrons. The lowest BCUT2D eigenvalue weighted by atomic mass is 10.0. The lowest BCUT2D eigenvalue weighted by Gasteiger charge is -2.18. The van der Waals surface area contributed by atoms with Crippen molar-refractivity contribution in [3.8, 4) is 0 Å². The van der Waals surface area contributed by atoms with Gasteiger partial charge in [0.2, 0.25) is 0 Å². The van der Waals surface area contributed by atoms with Crippen LogP contribution in [-0.2, 0) is 28.6 Å². The summed E-state index contributed by atoms with van der Waals surface area (Å²) in [6.07, 6.45) is 83.7. The van der Waals surface area contributed by atoms with Crippen LogP contribution in [0.2, 0.25) is 0 Å². The predicted molar refractivity (Wildman–Crippen MR) is 320 cm³/mol. The minimum absolute atomic E-state index is 0.0880. The fourth-order valence-corrected chi connectivity index (χ4v) is 8.41. The van der Waals surface area contributed by atoms with Crippen LogP contribution in [0.15, 0.2) is 109 Å². The molecule has 1 unspecified atom stereocenters. The SMILES string of the molecule is CC/C=C\C/C=C\C/C=C\C/C=C\CCCCCCCCCCCCCCC(=O)OCC(COC(=O)CCCCCCC/C=C\C/C=C\CCCC)OC(=O)CCCCCCCCC/C=C\C/C=C\C/C=C\CC. The van der Waals surface area contributed by atoms with Gasteiger partial charge in [-0.15, -0.1) is 0 Å². The van der Waals surface area contributed by atoms with E-state index in [0.29, 0.717) is 19.3 Å². The maximum Gasteiger partial charge on any atom is 0.306 e. The van der Waals surface area contributed by atoms with Gasteiger partial charge in [0.05, 0.1) is 0 Å². The molecule has 74 heavy (non-hydrogen) atoms. The fraction of sp³-hybridized carbons (Fsp3) is 0.691. The summed E-state index contributed by atoms with van der Waals surface area (Å²) in [7, 11) is 0. The summed E-state index contributed by atoms with van der Waals surface area (Å²) in [5, 5.41) is 0. The van der Waals surface area contributed by atoms with Crippen LogP contribution in [0.3, 0.4) is 0 Å². The molecule has 0 N–H and O–H groups in total. The van der Waals surface area contributed by atoms with Crippen molar-refractivity contribution in [3.63, 3.8) is 0 Å². The quantitative estimate of drug-likeness (QED) is 0.0261. The first-order valence-electron chi connectivity index (χ1n) is 30.9. The molecule has 0 saturated carbocycles. The number of ether oxygens (including phenoxy) is 3. The molecule has 0 aliphatic heterocycles. The number of esters is 3. The van der Waals surface area contributed by atoms with Crippen molar-refractivity contribution < 1.29 is 28.6 Å². The van der Waals surface area contributed by atoms with E-state index >= 15 is 0 Å². The first-order chi connectivity index (χ1) is 36.5. The van der Waals surface area contributed by atoms with E-state index in [9.17, 15) is 14.4 Å². The van der Waals surface area contributed by atoms with Crippen LogP contribution in [0.1, 0.15) is 284 Å². The Morgan fingerprint density at radius 1 is 0.284 bits per heavy atom. The number of carbonyl (C=O) groups is 3. The van der Waals surface area contributed by atoms with E-state index in [2.05, 4.69) is 130 Å². The van der Waals surface area contributed by atoms with Crippen molar-refractivity contribution in [2.24, 2.45) is 0 Å². The minimum Gasteiger partial charge on any atom is -0.462 e. The molecule has 0 rings (SSSR count). The Labute approximate surface area is 457 Å². The first kappa shape index (κ1) is 70.1. The summed E-state index contributed by atoms with van der Waals surface area (Å²) in [4.78, 5) is 38.3. The van der Waals surface area contributed by atoms with Crippen LogP contribution >= 0.6 is 0 Å². The first-order valence-corrected chi connectivity index (χ1v) is 30.9. The summed E-state index contributed by atoms with van der Waals surface area (Å²) < 4.78 is 16.9. The van der Waals surface area contributed by atoms with Crippen LogP contribution < -0.4 is 0 Å². The van der Waals surface area contributed by atoms with E-state index < -0.39 is 6.10 Å². The minimum atomic E-state index is -0.792. The van der Waals surface area contributed by atoms with E-state index in [0.717, 1.165) is 135 Å². The van der Waals surface area contributed by atoms with E-state index in [4.69, 9.17) is 14.2 Å². The molecule has 0 saturated heterocycles.